The van der Waals surface area contributed by atoms with E-state index in [2.05, 4.69) is 0 Å². The third kappa shape index (κ3) is 2.49. The SMILES string of the molecule is O=C1C=CC(c2ccccc2)OC1c1ccccc1. The maximum atomic E-state index is 12.0. The van der Waals surface area contributed by atoms with Crippen LogP contribution in [-0.2, 0) is 9.53 Å². The van der Waals surface area contributed by atoms with Gasteiger partial charge in [-0.15, -0.1) is 0 Å². The van der Waals surface area contributed by atoms with Gasteiger partial charge in [0.1, 0.15) is 12.2 Å². The van der Waals surface area contributed by atoms with E-state index in [1.165, 1.54) is 0 Å². The number of carbonyl (C=O) groups is 1. The monoisotopic (exact) mass is 250 g/mol. The molecule has 94 valence electrons. The minimum atomic E-state index is -0.503. The maximum Gasteiger partial charge on any atom is 0.188 e. The van der Waals surface area contributed by atoms with E-state index in [1.54, 1.807) is 6.08 Å². The van der Waals surface area contributed by atoms with Crippen molar-refractivity contribution in [2.75, 3.05) is 0 Å². The van der Waals surface area contributed by atoms with E-state index in [0.29, 0.717) is 0 Å². The zero-order valence-corrected chi connectivity index (χ0v) is 10.4. The van der Waals surface area contributed by atoms with Gasteiger partial charge in [0, 0.05) is 0 Å². The fourth-order valence-electron chi connectivity index (χ4n) is 2.23. The van der Waals surface area contributed by atoms with Gasteiger partial charge < -0.3 is 4.74 Å². The summed E-state index contributed by atoms with van der Waals surface area (Å²) in [4.78, 5) is 12.0. The zero-order valence-electron chi connectivity index (χ0n) is 10.4. The van der Waals surface area contributed by atoms with Crippen LogP contribution < -0.4 is 0 Å². The molecule has 0 saturated carbocycles. The molecule has 2 aromatic carbocycles. The first kappa shape index (κ1) is 11.9. The third-order valence-corrected chi connectivity index (χ3v) is 3.21. The Labute approximate surface area is 112 Å². The summed E-state index contributed by atoms with van der Waals surface area (Å²) >= 11 is 0. The Balaban J connectivity index is 1.89. The molecule has 1 aliphatic rings. The minimum absolute atomic E-state index is 0.00150. The maximum absolute atomic E-state index is 12.0. The standard InChI is InChI=1S/C17H14O2/c18-15-11-12-16(13-7-3-1-4-8-13)19-17(15)14-9-5-2-6-10-14/h1-12,16-17H. The highest BCUT2D eigenvalue weighted by atomic mass is 16.5. The van der Waals surface area contributed by atoms with Crippen molar-refractivity contribution in [1.82, 2.24) is 0 Å². The lowest BCUT2D eigenvalue weighted by Gasteiger charge is -2.25. The largest absolute Gasteiger partial charge is 0.353 e. The third-order valence-electron chi connectivity index (χ3n) is 3.21. The van der Waals surface area contributed by atoms with E-state index in [-0.39, 0.29) is 11.9 Å². The van der Waals surface area contributed by atoms with Crippen molar-refractivity contribution >= 4 is 5.78 Å². The van der Waals surface area contributed by atoms with Crippen LogP contribution in [0.3, 0.4) is 0 Å². The van der Waals surface area contributed by atoms with Gasteiger partial charge in [-0.3, -0.25) is 4.79 Å². The van der Waals surface area contributed by atoms with Gasteiger partial charge in [0.2, 0.25) is 0 Å². The van der Waals surface area contributed by atoms with Crippen LogP contribution in [0.5, 0.6) is 0 Å². The van der Waals surface area contributed by atoms with E-state index >= 15 is 0 Å². The summed E-state index contributed by atoms with van der Waals surface area (Å²) in [6.45, 7) is 0. The highest BCUT2D eigenvalue weighted by molar-refractivity contribution is 5.95. The van der Waals surface area contributed by atoms with Gasteiger partial charge in [0.15, 0.2) is 5.78 Å². The fourth-order valence-corrected chi connectivity index (χ4v) is 2.23. The molecule has 2 unspecified atom stereocenters. The number of benzene rings is 2. The van der Waals surface area contributed by atoms with Gasteiger partial charge in [-0.2, -0.15) is 0 Å². The predicted molar refractivity (Wildman–Crippen MR) is 73.6 cm³/mol. The van der Waals surface area contributed by atoms with Crippen LogP contribution in [0.2, 0.25) is 0 Å². The molecule has 2 aromatic rings. The first-order valence-corrected chi connectivity index (χ1v) is 6.32. The quantitative estimate of drug-likeness (QED) is 0.813. The Kier molecular flexibility index (Phi) is 3.25. The van der Waals surface area contributed by atoms with Crippen molar-refractivity contribution in [3.05, 3.63) is 83.9 Å². The molecule has 2 heteroatoms. The van der Waals surface area contributed by atoms with Crippen LogP contribution in [0.25, 0.3) is 0 Å². The first-order chi connectivity index (χ1) is 9.34. The molecule has 3 rings (SSSR count). The fraction of sp³-hybridized carbons (Fsp3) is 0.118. The van der Waals surface area contributed by atoms with E-state index in [4.69, 9.17) is 4.74 Å². The van der Waals surface area contributed by atoms with Gasteiger partial charge in [-0.05, 0) is 23.3 Å². The molecule has 1 aliphatic heterocycles. The summed E-state index contributed by atoms with van der Waals surface area (Å²) in [5, 5.41) is 0. The van der Waals surface area contributed by atoms with E-state index < -0.39 is 6.10 Å². The number of ketones is 1. The molecule has 1 heterocycles. The first-order valence-electron chi connectivity index (χ1n) is 6.32. The summed E-state index contributed by atoms with van der Waals surface area (Å²) in [6.07, 6.45) is 2.77. The van der Waals surface area contributed by atoms with Crippen molar-refractivity contribution in [3.63, 3.8) is 0 Å². The van der Waals surface area contributed by atoms with Crippen molar-refractivity contribution in [2.24, 2.45) is 0 Å². The smallest absolute Gasteiger partial charge is 0.188 e. The van der Waals surface area contributed by atoms with E-state index in [0.717, 1.165) is 11.1 Å². The van der Waals surface area contributed by atoms with Gasteiger partial charge in [-0.25, -0.2) is 0 Å². The number of ether oxygens (including phenoxy) is 1. The molecule has 2 nitrogen and oxygen atoms in total. The van der Waals surface area contributed by atoms with Crippen LogP contribution in [0.15, 0.2) is 72.8 Å². The van der Waals surface area contributed by atoms with Crippen molar-refractivity contribution in [2.45, 2.75) is 12.2 Å². The van der Waals surface area contributed by atoms with Crippen LogP contribution in [0.4, 0.5) is 0 Å². The molecule has 0 bridgehead atoms. The second-order valence-electron chi connectivity index (χ2n) is 4.52. The lowest BCUT2D eigenvalue weighted by atomic mass is 9.99. The van der Waals surface area contributed by atoms with Crippen molar-refractivity contribution < 1.29 is 9.53 Å². The highest BCUT2D eigenvalue weighted by Crippen LogP contribution is 2.32. The molecule has 2 atom stereocenters. The van der Waals surface area contributed by atoms with E-state index in [9.17, 15) is 4.79 Å². The average molecular weight is 250 g/mol. The molecular formula is C17H14O2. The number of rotatable bonds is 2. The van der Waals surface area contributed by atoms with E-state index in [1.807, 2.05) is 66.7 Å². The lowest BCUT2D eigenvalue weighted by Crippen LogP contribution is -2.20. The molecule has 0 N–H and O–H groups in total. The topological polar surface area (TPSA) is 26.3 Å². The molecule has 0 aromatic heterocycles. The van der Waals surface area contributed by atoms with Crippen LogP contribution in [0.1, 0.15) is 23.3 Å². The summed E-state index contributed by atoms with van der Waals surface area (Å²) in [6, 6.07) is 19.5. The molecular weight excluding hydrogens is 236 g/mol. The lowest BCUT2D eigenvalue weighted by molar-refractivity contribution is -0.130. The van der Waals surface area contributed by atoms with Gasteiger partial charge >= 0.3 is 0 Å². The average Bonchev–Trinajstić information content (AvgIpc) is 2.49. The van der Waals surface area contributed by atoms with Crippen LogP contribution in [0, 0.1) is 0 Å². The van der Waals surface area contributed by atoms with Crippen molar-refractivity contribution in [1.29, 1.82) is 0 Å². The number of hydrogen-bond donors (Lipinski definition) is 0. The molecule has 0 radical (unpaired) electrons. The Morgan fingerprint density at radius 1 is 0.789 bits per heavy atom. The van der Waals surface area contributed by atoms with Crippen LogP contribution in [-0.4, -0.2) is 5.78 Å². The Morgan fingerprint density at radius 2 is 1.37 bits per heavy atom. The molecule has 0 amide bonds. The Morgan fingerprint density at radius 3 is 2.00 bits per heavy atom. The molecule has 0 saturated heterocycles. The predicted octanol–water partition coefficient (Wildman–Crippen LogP) is 3.62. The van der Waals surface area contributed by atoms with Gasteiger partial charge in [0.25, 0.3) is 0 Å². The summed E-state index contributed by atoms with van der Waals surface area (Å²) < 4.78 is 5.93. The molecule has 0 fully saturated rings. The van der Waals surface area contributed by atoms with Gasteiger partial charge in [-0.1, -0.05) is 60.7 Å². The second kappa shape index (κ2) is 5.21. The minimum Gasteiger partial charge on any atom is -0.353 e. The van der Waals surface area contributed by atoms with Crippen molar-refractivity contribution in [3.8, 4) is 0 Å². The molecule has 19 heavy (non-hydrogen) atoms. The van der Waals surface area contributed by atoms with Crippen LogP contribution >= 0.6 is 0 Å². The number of carbonyl (C=O) groups excluding carboxylic acids is 1. The summed E-state index contributed by atoms with van der Waals surface area (Å²) in [5.74, 6) is -0.00150. The summed E-state index contributed by atoms with van der Waals surface area (Å²) in [7, 11) is 0. The molecule has 0 aliphatic carbocycles. The normalized spacial score (nSPS) is 22.4. The van der Waals surface area contributed by atoms with Gasteiger partial charge in [0.05, 0.1) is 0 Å². The Hall–Kier alpha value is -2.19. The zero-order chi connectivity index (χ0) is 13.1. The second-order valence-corrected chi connectivity index (χ2v) is 4.52. The summed E-state index contributed by atoms with van der Waals surface area (Å²) in [5.41, 5.74) is 1.96. The molecule has 0 spiro atoms. The Bertz CT molecular complexity index is 587. The number of hydrogen-bond acceptors (Lipinski definition) is 2. The highest BCUT2D eigenvalue weighted by Gasteiger charge is 2.27.